The number of anilines is 2. The minimum Gasteiger partial charge on any atom is -0.481 e. The zero-order valence-corrected chi connectivity index (χ0v) is 17.1. The summed E-state index contributed by atoms with van der Waals surface area (Å²) in [5.74, 6) is 0.250. The average Bonchev–Trinajstić information content (AvgIpc) is 2.62. The van der Waals surface area contributed by atoms with E-state index in [4.69, 9.17) is 4.74 Å². The fourth-order valence-electron chi connectivity index (χ4n) is 2.61. The molecule has 0 saturated carbocycles. The van der Waals surface area contributed by atoms with Crippen LogP contribution >= 0.6 is 0 Å². The molecule has 7 heteroatoms. The van der Waals surface area contributed by atoms with Crippen LogP contribution in [-0.2, 0) is 21.2 Å². The van der Waals surface area contributed by atoms with Crippen molar-refractivity contribution in [2.75, 3.05) is 22.9 Å². The van der Waals surface area contributed by atoms with E-state index in [0.29, 0.717) is 11.4 Å². The molecule has 0 spiro atoms. The van der Waals surface area contributed by atoms with Crippen LogP contribution in [0, 0.1) is 6.92 Å². The average molecular weight is 391 g/mol. The van der Waals surface area contributed by atoms with Gasteiger partial charge in [0.05, 0.1) is 11.9 Å². The van der Waals surface area contributed by atoms with Gasteiger partial charge in [0.25, 0.3) is 5.91 Å². The molecule has 2 aromatic rings. The lowest BCUT2D eigenvalue weighted by Gasteiger charge is -2.19. The van der Waals surface area contributed by atoms with E-state index in [9.17, 15) is 13.2 Å². The quantitative estimate of drug-likeness (QED) is 0.787. The molecule has 2 aromatic carbocycles. The summed E-state index contributed by atoms with van der Waals surface area (Å²) in [5.41, 5.74) is 3.42. The summed E-state index contributed by atoms with van der Waals surface area (Å²) >= 11 is 0. The Bertz CT molecular complexity index is 908. The van der Waals surface area contributed by atoms with Gasteiger partial charge in [0, 0.05) is 12.7 Å². The number of para-hydroxylation sites is 1. The summed E-state index contributed by atoms with van der Waals surface area (Å²) in [4.78, 5) is 12.5. The van der Waals surface area contributed by atoms with Crippen LogP contribution in [-0.4, -0.2) is 33.7 Å². The minimum atomic E-state index is -3.32. The van der Waals surface area contributed by atoms with Gasteiger partial charge in [-0.05, 0) is 55.7 Å². The summed E-state index contributed by atoms with van der Waals surface area (Å²) in [6.07, 6.45) is 1.26. The summed E-state index contributed by atoms with van der Waals surface area (Å²) in [5, 5.41) is 2.95. The number of carbonyl (C=O) groups excluding carboxylic acids is 1. The normalized spacial score (nSPS) is 12.3. The van der Waals surface area contributed by atoms with Gasteiger partial charge in [-0.2, -0.15) is 0 Å². The Balaban J connectivity index is 2.07. The van der Waals surface area contributed by atoms with Crippen molar-refractivity contribution < 1.29 is 17.9 Å². The molecule has 0 aromatic heterocycles. The van der Waals surface area contributed by atoms with E-state index in [1.807, 2.05) is 32.0 Å². The molecule has 0 aliphatic rings. The molecule has 0 fully saturated rings. The van der Waals surface area contributed by atoms with Crippen LogP contribution in [0.2, 0.25) is 0 Å². The highest BCUT2D eigenvalue weighted by molar-refractivity contribution is 7.92. The van der Waals surface area contributed by atoms with Crippen LogP contribution < -0.4 is 14.4 Å². The van der Waals surface area contributed by atoms with E-state index in [0.717, 1.165) is 29.5 Å². The van der Waals surface area contributed by atoms with E-state index < -0.39 is 16.1 Å². The number of amides is 1. The van der Waals surface area contributed by atoms with Gasteiger partial charge in [-0.1, -0.05) is 25.1 Å². The maximum Gasteiger partial charge on any atom is 0.265 e. The Kier molecular flexibility index (Phi) is 6.49. The lowest BCUT2D eigenvalue weighted by molar-refractivity contribution is -0.122. The van der Waals surface area contributed by atoms with E-state index in [2.05, 4.69) is 5.32 Å². The zero-order valence-electron chi connectivity index (χ0n) is 16.3. The molecule has 0 heterocycles. The Morgan fingerprint density at radius 2 is 1.81 bits per heavy atom. The van der Waals surface area contributed by atoms with Crippen molar-refractivity contribution >= 4 is 27.3 Å². The molecule has 0 aliphatic heterocycles. The van der Waals surface area contributed by atoms with Crippen molar-refractivity contribution in [3.63, 3.8) is 0 Å². The van der Waals surface area contributed by atoms with Gasteiger partial charge >= 0.3 is 0 Å². The molecule has 0 saturated heterocycles. The molecular weight excluding hydrogens is 364 g/mol. The fourth-order valence-corrected chi connectivity index (χ4v) is 3.12. The molecule has 0 aliphatic carbocycles. The van der Waals surface area contributed by atoms with Crippen molar-refractivity contribution in [2.45, 2.75) is 33.3 Å². The minimum absolute atomic E-state index is 0.240. The number of ether oxygens (including phenoxy) is 1. The smallest absolute Gasteiger partial charge is 0.265 e. The molecule has 1 unspecified atom stereocenters. The van der Waals surface area contributed by atoms with Gasteiger partial charge in [-0.15, -0.1) is 0 Å². The van der Waals surface area contributed by atoms with Crippen LogP contribution in [0.1, 0.15) is 25.0 Å². The van der Waals surface area contributed by atoms with Gasteiger partial charge in [0.2, 0.25) is 10.0 Å². The zero-order chi connectivity index (χ0) is 20.2. The number of hydrogen-bond donors (Lipinski definition) is 1. The molecule has 1 N–H and O–H groups in total. The highest BCUT2D eigenvalue weighted by Gasteiger charge is 2.18. The number of nitrogens with one attached hydrogen (secondary N) is 1. The van der Waals surface area contributed by atoms with Gasteiger partial charge in [-0.3, -0.25) is 9.10 Å². The molecular formula is C20H26N2O4S. The van der Waals surface area contributed by atoms with Crippen molar-refractivity contribution in [2.24, 2.45) is 0 Å². The van der Waals surface area contributed by atoms with Gasteiger partial charge in [-0.25, -0.2) is 8.42 Å². The Labute approximate surface area is 161 Å². The number of benzene rings is 2. The summed E-state index contributed by atoms with van der Waals surface area (Å²) in [6, 6.07) is 12.5. The monoisotopic (exact) mass is 390 g/mol. The summed E-state index contributed by atoms with van der Waals surface area (Å²) in [6.45, 7) is 5.67. The standard InChI is InChI=1S/C20H26N2O4S/c1-6-16-9-7-8-14(2)19(16)21-20(23)15(3)26-18-12-10-17(11-13-18)22(4)27(5,24)25/h7-13,15H,6H2,1-5H3,(H,21,23). The highest BCUT2D eigenvalue weighted by Crippen LogP contribution is 2.23. The lowest BCUT2D eigenvalue weighted by Crippen LogP contribution is -2.30. The Morgan fingerprint density at radius 3 is 2.37 bits per heavy atom. The summed E-state index contributed by atoms with van der Waals surface area (Å²) in [7, 11) is -1.84. The largest absolute Gasteiger partial charge is 0.481 e. The first kappa shape index (κ1) is 20.8. The van der Waals surface area contributed by atoms with Crippen LogP contribution in [0.15, 0.2) is 42.5 Å². The molecule has 1 amide bonds. The predicted octanol–water partition coefficient (Wildman–Crippen LogP) is 3.36. The van der Waals surface area contributed by atoms with Crippen LogP contribution in [0.5, 0.6) is 5.75 Å². The Morgan fingerprint density at radius 1 is 1.19 bits per heavy atom. The van der Waals surface area contributed by atoms with Gasteiger partial charge in [0.1, 0.15) is 5.75 Å². The second kappa shape index (κ2) is 8.43. The van der Waals surface area contributed by atoms with Crippen molar-refractivity contribution in [3.8, 4) is 5.75 Å². The maximum atomic E-state index is 12.5. The maximum absolute atomic E-state index is 12.5. The molecule has 0 bridgehead atoms. The molecule has 1 atom stereocenters. The van der Waals surface area contributed by atoms with Crippen LogP contribution in [0.4, 0.5) is 11.4 Å². The first-order valence-electron chi connectivity index (χ1n) is 8.73. The van der Waals surface area contributed by atoms with Crippen LogP contribution in [0.3, 0.4) is 0 Å². The predicted molar refractivity (Wildman–Crippen MR) is 109 cm³/mol. The van der Waals surface area contributed by atoms with E-state index >= 15 is 0 Å². The number of nitrogens with zero attached hydrogens (tertiary/aromatic N) is 1. The second-order valence-corrected chi connectivity index (χ2v) is 8.45. The van der Waals surface area contributed by atoms with Crippen molar-refractivity contribution in [1.29, 1.82) is 0 Å². The molecule has 146 valence electrons. The SMILES string of the molecule is CCc1cccc(C)c1NC(=O)C(C)Oc1ccc(N(C)S(C)(=O)=O)cc1. The third kappa shape index (κ3) is 5.23. The molecule has 2 rings (SSSR count). The number of rotatable bonds is 7. The van der Waals surface area contributed by atoms with E-state index in [1.54, 1.807) is 31.2 Å². The highest BCUT2D eigenvalue weighted by atomic mass is 32.2. The summed E-state index contributed by atoms with van der Waals surface area (Å²) < 4.78 is 30.0. The second-order valence-electron chi connectivity index (χ2n) is 6.44. The number of hydrogen-bond acceptors (Lipinski definition) is 4. The Hall–Kier alpha value is -2.54. The van der Waals surface area contributed by atoms with E-state index in [-0.39, 0.29) is 5.91 Å². The first-order valence-corrected chi connectivity index (χ1v) is 10.6. The molecule has 0 radical (unpaired) electrons. The van der Waals surface area contributed by atoms with E-state index in [1.165, 1.54) is 11.4 Å². The number of aryl methyl sites for hydroxylation is 2. The van der Waals surface area contributed by atoms with Gasteiger partial charge in [0.15, 0.2) is 6.10 Å². The number of sulfonamides is 1. The third-order valence-corrected chi connectivity index (χ3v) is 5.57. The topological polar surface area (TPSA) is 75.7 Å². The fraction of sp³-hybridized carbons (Fsp3) is 0.350. The first-order chi connectivity index (χ1) is 12.6. The van der Waals surface area contributed by atoms with Crippen LogP contribution in [0.25, 0.3) is 0 Å². The number of carbonyl (C=O) groups is 1. The van der Waals surface area contributed by atoms with Gasteiger partial charge < -0.3 is 10.1 Å². The van der Waals surface area contributed by atoms with Crippen molar-refractivity contribution in [3.05, 3.63) is 53.6 Å². The molecule has 6 nitrogen and oxygen atoms in total. The third-order valence-electron chi connectivity index (χ3n) is 4.37. The molecule has 27 heavy (non-hydrogen) atoms. The lowest BCUT2D eigenvalue weighted by atomic mass is 10.1. The van der Waals surface area contributed by atoms with Crippen molar-refractivity contribution in [1.82, 2.24) is 0 Å².